The van der Waals surface area contributed by atoms with Crippen molar-refractivity contribution >= 4 is 5.96 Å². The maximum Gasteiger partial charge on any atom is 0.202 e. The molecule has 96 valence electrons. The number of benzene rings is 1. The Morgan fingerprint density at radius 2 is 2.11 bits per heavy atom. The molecule has 0 fully saturated rings. The van der Waals surface area contributed by atoms with Crippen LogP contribution in [0.1, 0.15) is 5.56 Å². The van der Waals surface area contributed by atoms with Crippen LogP contribution < -0.4 is 20.5 Å². The minimum atomic E-state index is 0.123. The molecule has 6 nitrogen and oxygen atoms in total. The van der Waals surface area contributed by atoms with E-state index in [-0.39, 0.29) is 5.96 Å². The molecule has 0 heterocycles. The van der Waals surface area contributed by atoms with Crippen LogP contribution in [0.3, 0.4) is 0 Å². The fraction of sp³-hybridized carbons (Fsp3) is 0.333. The van der Waals surface area contributed by atoms with Crippen LogP contribution in [0.5, 0.6) is 11.5 Å². The average molecular weight is 248 g/mol. The second kappa shape index (κ2) is 7.01. The highest BCUT2D eigenvalue weighted by molar-refractivity contribution is 5.79. The van der Waals surface area contributed by atoms with E-state index < -0.39 is 0 Å². The summed E-state index contributed by atoms with van der Waals surface area (Å²) >= 11 is 0. The van der Waals surface area contributed by atoms with Crippen LogP contribution in [0.15, 0.2) is 23.2 Å². The highest BCUT2D eigenvalue weighted by Gasteiger charge is 2.04. The molecule has 0 aromatic heterocycles. The first-order valence-electron chi connectivity index (χ1n) is 5.37. The molecule has 1 aromatic rings. The predicted molar refractivity (Wildman–Crippen MR) is 68.5 cm³/mol. The highest BCUT2D eigenvalue weighted by Crippen LogP contribution is 2.27. The third-order valence-electron chi connectivity index (χ3n) is 2.31. The Morgan fingerprint density at radius 1 is 1.39 bits per heavy atom. The van der Waals surface area contributed by atoms with Gasteiger partial charge in [0.25, 0.3) is 0 Å². The lowest BCUT2D eigenvalue weighted by molar-refractivity contribution is 0.354. The number of nitrogens with one attached hydrogen (secondary N) is 1. The summed E-state index contributed by atoms with van der Waals surface area (Å²) in [6.45, 7) is 0.496. The van der Waals surface area contributed by atoms with E-state index in [1.54, 1.807) is 20.4 Å². The fourth-order valence-corrected chi connectivity index (χ4v) is 1.44. The number of guanidine groups is 1. The number of aliphatic imine (C=N–C) groups is 1. The first-order chi connectivity index (χ1) is 8.71. The molecular formula is C12H16N4O2. The van der Waals surface area contributed by atoms with Gasteiger partial charge in [0, 0.05) is 6.54 Å². The van der Waals surface area contributed by atoms with Gasteiger partial charge in [-0.2, -0.15) is 5.26 Å². The molecule has 1 aromatic carbocycles. The molecule has 6 heteroatoms. The molecule has 0 saturated carbocycles. The first kappa shape index (κ1) is 13.6. The third kappa shape index (κ3) is 3.87. The fourth-order valence-electron chi connectivity index (χ4n) is 1.44. The van der Waals surface area contributed by atoms with E-state index >= 15 is 0 Å². The summed E-state index contributed by atoms with van der Waals surface area (Å²) in [6.07, 6.45) is 2.41. The van der Waals surface area contributed by atoms with E-state index in [0.717, 1.165) is 5.56 Å². The molecule has 0 atom stereocenters. The average Bonchev–Trinajstić information content (AvgIpc) is 2.38. The van der Waals surface area contributed by atoms with Gasteiger partial charge in [-0.1, -0.05) is 6.07 Å². The van der Waals surface area contributed by atoms with E-state index in [4.69, 9.17) is 20.5 Å². The number of hydrogen-bond acceptors (Lipinski definition) is 4. The SMILES string of the molecule is COc1ccc(CCN=C(N)NC#N)cc1OC. The van der Waals surface area contributed by atoms with Gasteiger partial charge in [0.05, 0.1) is 14.2 Å². The number of methoxy groups -OCH3 is 2. The van der Waals surface area contributed by atoms with Gasteiger partial charge < -0.3 is 15.2 Å². The van der Waals surface area contributed by atoms with Gasteiger partial charge in [-0.15, -0.1) is 0 Å². The lowest BCUT2D eigenvalue weighted by Gasteiger charge is -2.08. The molecule has 0 unspecified atom stereocenters. The molecule has 18 heavy (non-hydrogen) atoms. The van der Waals surface area contributed by atoms with Crippen molar-refractivity contribution in [3.05, 3.63) is 23.8 Å². The summed E-state index contributed by atoms with van der Waals surface area (Å²) < 4.78 is 10.3. The van der Waals surface area contributed by atoms with Crippen molar-refractivity contribution in [2.24, 2.45) is 10.7 Å². The minimum Gasteiger partial charge on any atom is -0.493 e. The van der Waals surface area contributed by atoms with Gasteiger partial charge in [-0.05, 0) is 24.1 Å². The summed E-state index contributed by atoms with van der Waals surface area (Å²) in [5.41, 5.74) is 6.48. The normalized spacial score (nSPS) is 10.6. The van der Waals surface area contributed by atoms with E-state index in [9.17, 15) is 0 Å². The Labute approximate surface area is 106 Å². The Balaban J connectivity index is 2.64. The summed E-state index contributed by atoms with van der Waals surface area (Å²) in [7, 11) is 3.19. The summed E-state index contributed by atoms with van der Waals surface area (Å²) in [5, 5.41) is 10.6. The first-order valence-corrected chi connectivity index (χ1v) is 5.37. The lowest BCUT2D eigenvalue weighted by atomic mass is 10.1. The molecular weight excluding hydrogens is 232 g/mol. The van der Waals surface area contributed by atoms with Crippen LogP contribution in [0.2, 0.25) is 0 Å². The predicted octanol–water partition coefficient (Wildman–Crippen LogP) is 0.632. The zero-order valence-corrected chi connectivity index (χ0v) is 10.4. The Hall–Kier alpha value is -2.42. The van der Waals surface area contributed by atoms with Crippen LogP contribution in [0.4, 0.5) is 0 Å². The van der Waals surface area contributed by atoms with Gasteiger partial charge in [-0.3, -0.25) is 10.3 Å². The summed E-state index contributed by atoms with van der Waals surface area (Å²) in [6, 6.07) is 5.67. The van der Waals surface area contributed by atoms with Crippen LogP contribution in [0.25, 0.3) is 0 Å². The quantitative estimate of drug-likeness (QED) is 0.345. The maximum absolute atomic E-state index is 8.33. The zero-order chi connectivity index (χ0) is 13.4. The molecule has 0 radical (unpaired) electrons. The van der Waals surface area contributed by atoms with Gasteiger partial charge in [-0.25, -0.2) is 0 Å². The second-order valence-electron chi connectivity index (χ2n) is 3.44. The van der Waals surface area contributed by atoms with E-state index in [0.29, 0.717) is 24.5 Å². The number of rotatable bonds is 5. The van der Waals surface area contributed by atoms with Crippen molar-refractivity contribution < 1.29 is 9.47 Å². The van der Waals surface area contributed by atoms with Crippen LogP contribution in [0, 0.1) is 11.5 Å². The van der Waals surface area contributed by atoms with Crippen molar-refractivity contribution in [3.63, 3.8) is 0 Å². The van der Waals surface area contributed by atoms with Crippen molar-refractivity contribution in [1.29, 1.82) is 5.26 Å². The number of ether oxygens (including phenoxy) is 2. The van der Waals surface area contributed by atoms with Crippen LogP contribution >= 0.6 is 0 Å². The van der Waals surface area contributed by atoms with E-state index in [1.165, 1.54) is 0 Å². The zero-order valence-electron chi connectivity index (χ0n) is 10.4. The summed E-state index contributed by atoms with van der Waals surface area (Å²) in [4.78, 5) is 4.00. The van der Waals surface area contributed by atoms with E-state index in [2.05, 4.69) is 10.3 Å². The van der Waals surface area contributed by atoms with Crippen molar-refractivity contribution in [2.75, 3.05) is 20.8 Å². The van der Waals surface area contributed by atoms with Crippen LogP contribution in [-0.4, -0.2) is 26.7 Å². The monoisotopic (exact) mass is 248 g/mol. The van der Waals surface area contributed by atoms with E-state index in [1.807, 2.05) is 18.2 Å². The Morgan fingerprint density at radius 3 is 2.72 bits per heavy atom. The standard InChI is InChI=1S/C12H16N4O2/c1-17-10-4-3-9(7-11(10)18-2)5-6-15-12(14)16-8-13/h3-4,7H,5-6H2,1-2H3,(H3,14,15,16). The number of nitrogens with two attached hydrogens (primary N) is 1. The second-order valence-corrected chi connectivity index (χ2v) is 3.44. The smallest absolute Gasteiger partial charge is 0.202 e. The van der Waals surface area contributed by atoms with Gasteiger partial charge >= 0.3 is 0 Å². The molecule has 3 N–H and O–H groups in total. The molecule has 0 aliphatic rings. The molecule has 0 aliphatic heterocycles. The Kier molecular flexibility index (Phi) is 5.32. The van der Waals surface area contributed by atoms with Gasteiger partial charge in [0.1, 0.15) is 0 Å². The topological polar surface area (TPSA) is 92.7 Å². The molecule has 0 spiro atoms. The van der Waals surface area contributed by atoms with Crippen molar-refractivity contribution in [2.45, 2.75) is 6.42 Å². The molecule has 1 rings (SSSR count). The Bertz CT molecular complexity index is 466. The number of nitrogens with zero attached hydrogens (tertiary/aromatic N) is 2. The van der Waals surface area contributed by atoms with Gasteiger partial charge in [0.15, 0.2) is 17.7 Å². The number of nitriles is 1. The van der Waals surface area contributed by atoms with Gasteiger partial charge in [0.2, 0.25) is 5.96 Å². The molecule has 0 amide bonds. The van der Waals surface area contributed by atoms with Crippen molar-refractivity contribution in [3.8, 4) is 17.7 Å². The van der Waals surface area contributed by atoms with Crippen LogP contribution in [-0.2, 0) is 6.42 Å². The van der Waals surface area contributed by atoms with Crippen molar-refractivity contribution in [1.82, 2.24) is 5.32 Å². The molecule has 0 aliphatic carbocycles. The third-order valence-corrected chi connectivity index (χ3v) is 2.31. The molecule has 0 saturated heterocycles. The largest absolute Gasteiger partial charge is 0.493 e. The lowest BCUT2D eigenvalue weighted by Crippen LogP contribution is -2.27. The maximum atomic E-state index is 8.33. The molecule has 0 bridgehead atoms. The number of hydrogen-bond donors (Lipinski definition) is 2. The minimum absolute atomic E-state index is 0.123. The summed E-state index contributed by atoms with van der Waals surface area (Å²) in [5.74, 6) is 1.50. The highest BCUT2D eigenvalue weighted by atomic mass is 16.5.